The van der Waals surface area contributed by atoms with Crippen LogP contribution in [0, 0.1) is 0 Å². The summed E-state index contributed by atoms with van der Waals surface area (Å²) in [4.78, 5) is 4.56. The highest BCUT2D eigenvalue weighted by Crippen LogP contribution is 2.36. The fraction of sp³-hybridized carbons (Fsp3) is 0.500. The molecule has 0 saturated carbocycles. The van der Waals surface area contributed by atoms with Gasteiger partial charge in [0.05, 0.1) is 0 Å². The third-order valence-corrected chi connectivity index (χ3v) is 4.02. The van der Waals surface area contributed by atoms with Crippen LogP contribution in [-0.4, -0.2) is 16.2 Å². The van der Waals surface area contributed by atoms with E-state index in [9.17, 15) is 0 Å². The van der Waals surface area contributed by atoms with Crippen molar-refractivity contribution in [1.82, 2.24) is 10.1 Å². The van der Waals surface area contributed by atoms with Crippen molar-refractivity contribution in [1.29, 1.82) is 0 Å². The Morgan fingerprint density at radius 3 is 3.10 bits per heavy atom. The van der Waals surface area contributed by atoms with Crippen LogP contribution in [0.3, 0.4) is 0 Å². The predicted molar refractivity (Wildman–Crippen MR) is 77.5 cm³/mol. The predicted octanol–water partition coefficient (Wildman–Crippen LogP) is 2.82. The molecule has 2 unspecified atom stereocenters. The van der Waals surface area contributed by atoms with Gasteiger partial charge in [-0.2, -0.15) is 4.98 Å². The molecule has 2 aromatic rings. The Morgan fingerprint density at radius 1 is 1.40 bits per heavy atom. The van der Waals surface area contributed by atoms with Crippen LogP contribution in [0.15, 0.2) is 28.8 Å². The highest BCUT2D eigenvalue weighted by molar-refractivity contribution is 5.38. The SMILES string of the molecule is CCCC(N)Cc1nc(C2CCc3ccccc32)no1. The summed E-state index contributed by atoms with van der Waals surface area (Å²) < 4.78 is 5.37. The lowest BCUT2D eigenvalue weighted by atomic mass is 10.0. The summed E-state index contributed by atoms with van der Waals surface area (Å²) in [5.74, 6) is 1.77. The van der Waals surface area contributed by atoms with Crippen molar-refractivity contribution in [3.63, 3.8) is 0 Å². The molecule has 20 heavy (non-hydrogen) atoms. The first-order valence-electron chi connectivity index (χ1n) is 7.43. The van der Waals surface area contributed by atoms with Gasteiger partial charge in [0.2, 0.25) is 5.89 Å². The fourth-order valence-corrected chi connectivity index (χ4v) is 3.01. The molecule has 0 fully saturated rings. The first-order chi connectivity index (χ1) is 9.78. The lowest BCUT2D eigenvalue weighted by Crippen LogP contribution is -2.22. The second-order valence-electron chi connectivity index (χ2n) is 5.59. The van der Waals surface area contributed by atoms with Crippen LogP contribution >= 0.6 is 0 Å². The third-order valence-electron chi connectivity index (χ3n) is 4.02. The normalized spacial score (nSPS) is 19.0. The molecule has 0 saturated heterocycles. The van der Waals surface area contributed by atoms with Crippen LogP contribution in [0.5, 0.6) is 0 Å². The maximum atomic E-state index is 6.03. The number of aryl methyl sites for hydroxylation is 1. The maximum absolute atomic E-state index is 6.03. The molecule has 1 aromatic heterocycles. The van der Waals surface area contributed by atoms with Gasteiger partial charge in [0.15, 0.2) is 5.82 Å². The van der Waals surface area contributed by atoms with Gasteiger partial charge in [0, 0.05) is 18.4 Å². The van der Waals surface area contributed by atoms with Crippen molar-refractivity contribution < 1.29 is 4.52 Å². The average molecular weight is 271 g/mol. The largest absolute Gasteiger partial charge is 0.339 e. The van der Waals surface area contributed by atoms with E-state index in [1.807, 2.05) is 0 Å². The Bertz CT molecular complexity index is 579. The summed E-state index contributed by atoms with van der Waals surface area (Å²) in [7, 11) is 0. The fourth-order valence-electron chi connectivity index (χ4n) is 3.01. The lowest BCUT2D eigenvalue weighted by Gasteiger charge is -2.06. The van der Waals surface area contributed by atoms with Gasteiger partial charge in [-0.05, 0) is 30.4 Å². The van der Waals surface area contributed by atoms with Crippen LogP contribution in [-0.2, 0) is 12.8 Å². The number of hydrogen-bond donors (Lipinski definition) is 1. The molecule has 0 spiro atoms. The summed E-state index contributed by atoms with van der Waals surface area (Å²) in [6, 6.07) is 8.64. The smallest absolute Gasteiger partial charge is 0.228 e. The summed E-state index contributed by atoms with van der Waals surface area (Å²) in [5.41, 5.74) is 8.78. The summed E-state index contributed by atoms with van der Waals surface area (Å²) in [6.07, 6.45) is 4.91. The Morgan fingerprint density at radius 2 is 2.25 bits per heavy atom. The maximum Gasteiger partial charge on any atom is 0.228 e. The Balaban J connectivity index is 1.75. The van der Waals surface area contributed by atoms with Gasteiger partial charge < -0.3 is 10.3 Å². The molecule has 1 heterocycles. The quantitative estimate of drug-likeness (QED) is 0.908. The minimum atomic E-state index is 0.115. The number of benzene rings is 1. The van der Waals surface area contributed by atoms with Crippen LogP contribution < -0.4 is 5.73 Å². The molecule has 4 heteroatoms. The number of hydrogen-bond acceptors (Lipinski definition) is 4. The molecular weight excluding hydrogens is 250 g/mol. The molecule has 0 bridgehead atoms. The van der Waals surface area contributed by atoms with Gasteiger partial charge in [-0.1, -0.05) is 42.8 Å². The van der Waals surface area contributed by atoms with Crippen molar-refractivity contribution in [2.24, 2.45) is 5.73 Å². The zero-order valence-corrected chi connectivity index (χ0v) is 11.9. The van der Waals surface area contributed by atoms with Crippen LogP contribution in [0.2, 0.25) is 0 Å². The number of nitrogens with zero attached hydrogens (tertiary/aromatic N) is 2. The van der Waals surface area contributed by atoms with E-state index in [1.54, 1.807) is 0 Å². The molecule has 2 N–H and O–H groups in total. The van der Waals surface area contributed by atoms with Crippen molar-refractivity contribution in [2.45, 2.75) is 51.0 Å². The average Bonchev–Trinajstić information content (AvgIpc) is 3.05. The van der Waals surface area contributed by atoms with E-state index in [2.05, 4.69) is 41.3 Å². The van der Waals surface area contributed by atoms with Gasteiger partial charge >= 0.3 is 0 Å². The number of nitrogens with two attached hydrogens (primary N) is 1. The second kappa shape index (κ2) is 5.75. The Hall–Kier alpha value is -1.68. The zero-order valence-electron chi connectivity index (χ0n) is 11.9. The Kier molecular flexibility index (Phi) is 3.83. The number of fused-ring (bicyclic) bond motifs is 1. The van der Waals surface area contributed by atoms with Gasteiger partial charge in [0.25, 0.3) is 0 Å². The lowest BCUT2D eigenvalue weighted by molar-refractivity contribution is 0.359. The topological polar surface area (TPSA) is 64.9 Å². The number of rotatable bonds is 5. The number of aromatic nitrogens is 2. The van der Waals surface area contributed by atoms with E-state index in [1.165, 1.54) is 11.1 Å². The summed E-state index contributed by atoms with van der Waals surface area (Å²) in [5, 5.41) is 4.17. The van der Waals surface area contributed by atoms with Crippen molar-refractivity contribution in [3.05, 3.63) is 47.1 Å². The zero-order chi connectivity index (χ0) is 13.9. The molecule has 1 aliphatic rings. The minimum absolute atomic E-state index is 0.115. The third kappa shape index (κ3) is 2.61. The molecule has 106 valence electrons. The van der Waals surface area contributed by atoms with E-state index in [4.69, 9.17) is 10.3 Å². The molecule has 0 aliphatic heterocycles. The van der Waals surface area contributed by atoms with Crippen molar-refractivity contribution >= 4 is 0 Å². The molecule has 1 aliphatic carbocycles. The molecule has 1 aromatic carbocycles. The molecule has 3 rings (SSSR count). The summed E-state index contributed by atoms with van der Waals surface area (Å²) in [6.45, 7) is 2.13. The van der Waals surface area contributed by atoms with Gasteiger partial charge in [-0.15, -0.1) is 0 Å². The van der Waals surface area contributed by atoms with Crippen LogP contribution in [0.1, 0.15) is 54.9 Å². The first-order valence-corrected chi connectivity index (χ1v) is 7.43. The second-order valence-corrected chi connectivity index (χ2v) is 5.59. The molecule has 0 radical (unpaired) electrons. The summed E-state index contributed by atoms with van der Waals surface area (Å²) >= 11 is 0. The van der Waals surface area contributed by atoms with Crippen LogP contribution in [0.4, 0.5) is 0 Å². The van der Waals surface area contributed by atoms with E-state index >= 15 is 0 Å². The highest BCUT2D eigenvalue weighted by atomic mass is 16.5. The van der Waals surface area contributed by atoms with Gasteiger partial charge in [0.1, 0.15) is 0 Å². The van der Waals surface area contributed by atoms with E-state index in [-0.39, 0.29) is 12.0 Å². The monoisotopic (exact) mass is 271 g/mol. The highest BCUT2D eigenvalue weighted by Gasteiger charge is 2.27. The van der Waals surface area contributed by atoms with E-state index in [0.717, 1.165) is 31.5 Å². The van der Waals surface area contributed by atoms with Crippen molar-refractivity contribution in [3.8, 4) is 0 Å². The van der Waals surface area contributed by atoms with Gasteiger partial charge in [-0.3, -0.25) is 0 Å². The van der Waals surface area contributed by atoms with Crippen molar-refractivity contribution in [2.75, 3.05) is 0 Å². The van der Waals surface area contributed by atoms with E-state index in [0.29, 0.717) is 12.3 Å². The van der Waals surface area contributed by atoms with Gasteiger partial charge in [-0.25, -0.2) is 0 Å². The molecular formula is C16H21N3O. The Labute approximate surface area is 119 Å². The molecule has 2 atom stereocenters. The first kappa shape index (κ1) is 13.3. The molecule has 4 nitrogen and oxygen atoms in total. The van der Waals surface area contributed by atoms with Crippen LogP contribution in [0.25, 0.3) is 0 Å². The van der Waals surface area contributed by atoms with E-state index < -0.39 is 0 Å². The minimum Gasteiger partial charge on any atom is -0.339 e. The standard InChI is InChI=1S/C16H21N3O/c1-2-5-12(17)10-15-18-16(19-20-15)14-9-8-11-6-3-4-7-13(11)14/h3-4,6-7,12,14H,2,5,8-10,17H2,1H3. The molecule has 0 amide bonds.